The molecule has 2 aromatic carbocycles. The summed E-state index contributed by atoms with van der Waals surface area (Å²) < 4.78 is 5.52. The van der Waals surface area contributed by atoms with Crippen molar-refractivity contribution in [2.45, 2.75) is 13.8 Å². The first kappa shape index (κ1) is 16.5. The maximum atomic E-state index is 11.8. The van der Waals surface area contributed by atoms with Crippen molar-refractivity contribution < 1.29 is 9.53 Å². The number of aryl methyl sites for hydroxylation is 2. The van der Waals surface area contributed by atoms with Crippen molar-refractivity contribution in [1.82, 2.24) is 5.32 Å². The molecule has 0 spiro atoms. The molecule has 2 N–H and O–H groups in total. The summed E-state index contributed by atoms with van der Waals surface area (Å²) in [7, 11) is 0. The van der Waals surface area contributed by atoms with Gasteiger partial charge in [0.15, 0.2) is 6.73 Å². The second-order valence-electron chi connectivity index (χ2n) is 4.81. The van der Waals surface area contributed by atoms with Gasteiger partial charge in [-0.1, -0.05) is 40.9 Å². The van der Waals surface area contributed by atoms with E-state index in [0.717, 1.165) is 16.9 Å². The van der Waals surface area contributed by atoms with Crippen molar-refractivity contribution in [3.63, 3.8) is 0 Å². The minimum absolute atomic E-state index is 0.0565. The Hall–Kier alpha value is -1.91. The van der Waals surface area contributed by atoms with Crippen LogP contribution in [0.4, 0.5) is 10.5 Å². The van der Waals surface area contributed by atoms with Crippen LogP contribution < -0.4 is 15.4 Å². The molecule has 0 heterocycles. The molecule has 0 aliphatic heterocycles. The molecule has 2 aromatic rings. The van der Waals surface area contributed by atoms with Gasteiger partial charge < -0.3 is 15.4 Å². The van der Waals surface area contributed by atoms with Crippen LogP contribution in [-0.4, -0.2) is 12.8 Å². The van der Waals surface area contributed by atoms with E-state index in [1.807, 2.05) is 32.0 Å². The number of nitrogens with one attached hydrogen (secondary N) is 2. The quantitative estimate of drug-likeness (QED) is 0.789. The fourth-order valence-corrected chi connectivity index (χ4v) is 2.35. The first-order valence-corrected chi connectivity index (χ1v) is 7.41. The van der Waals surface area contributed by atoms with Crippen molar-refractivity contribution in [2.24, 2.45) is 0 Å². The molecule has 0 aliphatic rings. The predicted molar refractivity (Wildman–Crippen MR) is 90.0 cm³/mol. The molecular weight excluding hydrogens is 323 g/mol. The predicted octanol–water partition coefficient (Wildman–Crippen LogP) is 4.77. The van der Waals surface area contributed by atoms with E-state index in [-0.39, 0.29) is 6.73 Å². The number of carbonyl (C=O) groups excluding carboxylic acids is 1. The summed E-state index contributed by atoms with van der Waals surface area (Å²) in [6, 6.07) is 10.3. The summed E-state index contributed by atoms with van der Waals surface area (Å²) in [4.78, 5) is 11.8. The maximum absolute atomic E-state index is 11.8. The molecule has 0 saturated carbocycles. The third-order valence-electron chi connectivity index (χ3n) is 2.97. The molecule has 2 amide bonds. The fraction of sp³-hybridized carbons (Fsp3) is 0.188. The van der Waals surface area contributed by atoms with Crippen LogP contribution in [0, 0.1) is 13.8 Å². The van der Waals surface area contributed by atoms with E-state index in [4.69, 9.17) is 27.9 Å². The number of urea groups is 1. The van der Waals surface area contributed by atoms with Gasteiger partial charge in [-0.15, -0.1) is 0 Å². The van der Waals surface area contributed by atoms with Gasteiger partial charge in [0.25, 0.3) is 0 Å². The number of benzene rings is 2. The summed E-state index contributed by atoms with van der Waals surface area (Å²) in [5.41, 5.74) is 2.66. The van der Waals surface area contributed by atoms with E-state index in [2.05, 4.69) is 10.6 Å². The number of hydrogen-bond acceptors (Lipinski definition) is 2. The Morgan fingerprint density at radius 1 is 1.14 bits per heavy atom. The summed E-state index contributed by atoms with van der Waals surface area (Å²) >= 11 is 11.8. The fourth-order valence-electron chi connectivity index (χ4n) is 1.90. The van der Waals surface area contributed by atoms with Crippen LogP contribution in [0.5, 0.6) is 5.75 Å². The van der Waals surface area contributed by atoms with E-state index in [1.54, 1.807) is 18.2 Å². The molecule has 0 aromatic heterocycles. The Kier molecular flexibility index (Phi) is 5.52. The Bertz CT molecular complexity index is 690. The zero-order valence-corrected chi connectivity index (χ0v) is 13.8. The molecule has 0 radical (unpaired) electrons. The number of carbonyl (C=O) groups is 1. The van der Waals surface area contributed by atoms with E-state index >= 15 is 0 Å². The van der Waals surface area contributed by atoms with Crippen LogP contribution in [0.3, 0.4) is 0 Å². The molecule has 0 saturated heterocycles. The van der Waals surface area contributed by atoms with Crippen molar-refractivity contribution in [3.8, 4) is 5.75 Å². The molecule has 116 valence electrons. The third-order valence-corrected chi connectivity index (χ3v) is 3.52. The zero-order valence-electron chi connectivity index (χ0n) is 12.2. The molecule has 22 heavy (non-hydrogen) atoms. The van der Waals surface area contributed by atoms with Crippen molar-refractivity contribution in [2.75, 3.05) is 12.0 Å². The molecule has 4 nitrogen and oxygen atoms in total. The Balaban J connectivity index is 1.85. The van der Waals surface area contributed by atoms with Crippen molar-refractivity contribution in [1.29, 1.82) is 0 Å². The summed E-state index contributed by atoms with van der Waals surface area (Å²) in [5.74, 6) is 0.732. The largest absolute Gasteiger partial charge is 0.473 e. The van der Waals surface area contributed by atoms with Crippen molar-refractivity contribution in [3.05, 3.63) is 57.6 Å². The third kappa shape index (κ3) is 4.55. The van der Waals surface area contributed by atoms with Gasteiger partial charge in [-0.05, 0) is 43.7 Å². The van der Waals surface area contributed by atoms with Gasteiger partial charge in [-0.2, -0.15) is 0 Å². The van der Waals surface area contributed by atoms with E-state index in [0.29, 0.717) is 15.7 Å². The first-order valence-electron chi connectivity index (χ1n) is 6.65. The van der Waals surface area contributed by atoms with E-state index < -0.39 is 6.03 Å². The topological polar surface area (TPSA) is 50.4 Å². The van der Waals surface area contributed by atoms with Crippen LogP contribution in [0.1, 0.15) is 11.1 Å². The van der Waals surface area contributed by atoms with Crippen LogP contribution in [0.25, 0.3) is 0 Å². The molecule has 0 aliphatic carbocycles. The lowest BCUT2D eigenvalue weighted by molar-refractivity contribution is 0.234. The Morgan fingerprint density at radius 2 is 1.91 bits per heavy atom. The average Bonchev–Trinajstić information content (AvgIpc) is 2.44. The summed E-state index contributed by atoms with van der Waals surface area (Å²) in [5, 5.41) is 6.11. The smallest absolute Gasteiger partial charge is 0.321 e. The number of ether oxygens (including phenoxy) is 1. The Labute approximate surface area is 139 Å². The maximum Gasteiger partial charge on any atom is 0.321 e. The monoisotopic (exact) mass is 338 g/mol. The highest BCUT2D eigenvalue weighted by atomic mass is 35.5. The lowest BCUT2D eigenvalue weighted by Crippen LogP contribution is -2.32. The number of anilines is 1. The van der Waals surface area contributed by atoms with Gasteiger partial charge in [-0.25, -0.2) is 4.79 Å². The first-order chi connectivity index (χ1) is 10.5. The normalized spacial score (nSPS) is 10.2. The summed E-state index contributed by atoms with van der Waals surface area (Å²) in [6.07, 6.45) is 0. The van der Waals surface area contributed by atoms with Gasteiger partial charge in [0.1, 0.15) is 5.75 Å². The minimum Gasteiger partial charge on any atom is -0.473 e. The zero-order chi connectivity index (χ0) is 16.1. The molecule has 2 rings (SSSR count). The second-order valence-corrected chi connectivity index (χ2v) is 5.66. The van der Waals surface area contributed by atoms with Crippen LogP contribution in [-0.2, 0) is 0 Å². The molecule has 0 unspecified atom stereocenters. The molecule has 0 bridgehead atoms. The highest BCUT2D eigenvalue weighted by Crippen LogP contribution is 2.25. The van der Waals surface area contributed by atoms with Crippen molar-refractivity contribution >= 4 is 34.9 Å². The number of rotatable bonds is 4. The van der Waals surface area contributed by atoms with Gasteiger partial charge in [0, 0.05) is 5.02 Å². The molecular formula is C16H16Cl2N2O2. The van der Waals surface area contributed by atoms with E-state index in [1.165, 1.54) is 0 Å². The SMILES string of the molecule is Cc1ccc(OCNC(=O)Nc2ccc(Cl)cc2Cl)c(C)c1. The lowest BCUT2D eigenvalue weighted by atomic mass is 10.1. The minimum atomic E-state index is -0.408. The van der Waals surface area contributed by atoms with Crippen LogP contribution in [0.2, 0.25) is 10.0 Å². The average molecular weight is 339 g/mol. The van der Waals surface area contributed by atoms with Crippen LogP contribution >= 0.6 is 23.2 Å². The number of hydrogen-bond donors (Lipinski definition) is 2. The highest BCUT2D eigenvalue weighted by molar-refractivity contribution is 6.36. The van der Waals surface area contributed by atoms with Gasteiger partial charge >= 0.3 is 6.03 Å². The Morgan fingerprint density at radius 3 is 2.59 bits per heavy atom. The summed E-state index contributed by atoms with van der Waals surface area (Å²) in [6.45, 7) is 4.02. The van der Waals surface area contributed by atoms with Gasteiger partial charge in [0.05, 0.1) is 10.7 Å². The van der Waals surface area contributed by atoms with Crippen LogP contribution in [0.15, 0.2) is 36.4 Å². The molecule has 0 fully saturated rings. The molecule has 0 atom stereocenters. The lowest BCUT2D eigenvalue weighted by Gasteiger charge is -2.12. The number of halogens is 2. The standard InChI is InChI=1S/C16H16Cl2N2O2/c1-10-3-6-15(11(2)7-10)22-9-19-16(21)20-14-5-4-12(17)8-13(14)18/h3-8H,9H2,1-2H3,(H2,19,20,21). The molecule has 6 heteroatoms. The second kappa shape index (κ2) is 7.38. The highest BCUT2D eigenvalue weighted by Gasteiger charge is 2.06. The van der Waals surface area contributed by atoms with Gasteiger partial charge in [0.2, 0.25) is 0 Å². The van der Waals surface area contributed by atoms with E-state index in [9.17, 15) is 4.79 Å². The van der Waals surface area contributed by atoms with Gasteiger partial charge in [-0.3, -0.25) is 0 Å². The number of amides is 2.